The molecule has 7 nitrogen and oxygen atoms in total. The van der Waals surface area contributed by atoms with Crippen molar-refractivity contribution >= 4 is 20.2 Å². The Hall–Kier alpha value is -1.00. The van der Waals surface area contributed by atoms with Crippen LogP contribution in [0.2, 0.25) is 0 Å². The Morgan fingerprint density at radius 1 is 1.17 bits per heavy atom. The average Bonchev–Trinajstić information content (AvgIpc) is 2.26. The largest absolute Gasteiger partial charge is 0.312 e. The van der Waals surface area contributed by atoms with Crippen LogP contribution in [-0.2, 0) is 36.7 Å². The first-order valence-electron chi connectivity index (χ1n) is 4.89. The standard InChI is InChI=1S/C9H13NO6S2/c1-2-7-3-8(6-17(11,12)13)5-9(4-7)18(14,15)16-10/h3-5H,2,6,10H2,1H3,(H,11,12,13). The van der Waals surface area contributed by atoms with Crippen molar-refractivity contribution in [2.24, 2.45) is 5.90 Å². The van der Waals surface area contributed by atoms with Gasteiger partial charge in [0, 0.05) is 0 Å². The summed E-state index contributed by atoms with van der Waals surface area (Å²) in [5, 5.41) is 0. The molecule has 0 fully saturated rings. The molecule has 0 unspecified atom stereocenters. The molecule has 1 aromatic carbocycles. The van der Waals surface area contributed by atoms with Crippen LogP contribution in [-0.4, -0.2) is 21.4 Å². The molecule has 1 rings (SSSR count). The number of hydrogen-bond acceptors (Lipinski definition) is 6. The van der Waals surface area contributed by atoms with Crippen molar-refractivity contribution in [3.63, 3.8) is 0 Å². The molecule has 0 radical (unpaired) electrons. The van der Waals surface area contributed by atoms with Crippen molar-refractivity contribution in [3.05, 3.63) is 29.3 Å². The first kappa shape index (κ1) is 15.1. The van der Waals surface area contributed by atoms with Gasteiger partial charge in [-0.1, -0.05) is 13.0 Å². The number of rotatable bonds is 5. The highest BCUT2D eigenvalue weighted by Gasteiger charge is 2.17. The highest BCUT2D eigenvalue weighted by atomic mass is 32.2. The van der Waals surface area contributed by atoms with Crippen LogP contribution in [0.15, 0.2) is 23.1 Å². The third kappa shape index (κ3) is 4.03. The van der Waals surface area contributed by atoms with Crippen LogP contribution in [0.5, 0.6) is 0 Å². The maximum atomic E-state index is 11.4. The predicted octanol–water partition coefficient (Wildman–Crippen LogP) is 0.216. The zero-order chi connectivity index (χ0) is 14.0. The third-order valence-electron chi connectivity index (χ3n) is 2.20. The lowest BCUT2D eigenvalue weighted by atomic mass is 10.1. The summed E-state index contributed by atoms with van der Waals surface area (Å²) >= 11 is 0. The molecule has 0 saturated carbocycles. The van der Waals surface area contributed by atoms with Gasteiger partial charge in [0.15, 0.2) is 0 Å². The molecule has 0 aliphatic rings. The van der Waals surface area contributed by atoms with E-state index in [0.29, 0.717) is 12.0 Å². The van der Waals surface area contributed by atoms with Gasteiger partial charge in [-0.25, -0.2) is 0 Å². The molecule has 0 amide bonds. The van der Waals surface area contributed by atoms with E-state index >= 15 is 0 Å². The molecule has 0 atom stereocenters. The molecular formula is C9H13NO6S2. The SMILES string of the molecule is CCc1cc(CS(=O)(=O)O)cc(S(=O)(=O)ON)c1. The van der Waals surface area contributed by atoms with Crippen LogP contribution in [0.25, 0.3) is 0 Å². The smallest absolute Gasteiger partial charge is 0.285 e. The topological polar surface area (TPSA) is 124 Å². The Balaban J connectivity index is 3.35. The van der Waals surface area contributed by atoms with Gasteiger partial charge in [-0.3, -0.25) is 4.55 Å². The number of aryl methyl sites for hydroxylation is 1. The average molecular weight is 295 g/mol. The van der Waals surface area contributed by atoms with Crippen LogP contribution >= 0.6 is 0 Å². The second-order valence-electron chi connectivity index (χ2n) is 3.62. The van der Waals surface area contributed by atoms with Gasteiger partial charge in [-0.2, -0.15) is 27.0 Å². The van der Waals surface area contributed by atoms with E-state index in [0.717, 1.165) is 6.07 Å². The van der Waals surface area contributed by atoms with Gasteiger partial charge in [0.05, 0.1) is 4.90 Å². The van der Waals surface area contributed by atoms with E-state index in [2.05, 4.69) is 10.2 Å². The van der Waals surface area contributed by atoms with Gasteiger partial charge in [0.2, 0.25) is 0 Å². The quantitative estimate of drug-likeness (QED) is 0.588. The predicted molar refractivity (Wildman–Crippen MR) is 63.5 cm³/mol. The molecule has 0 aliphatic carbocycles. The van der Waals surface area contributed by atoms with E-state index < -0.39 is 26.0 Å². The third-order valence-corrected chi connectivity index (χ3v) is 3.96. The van der Waals surface area contributed by atoms with Crippen molar-refractivity contribution in [3.8, 4) is 0 Å². The summed E-state index contributed by atoms with van der Waals surface area (Å²) in [6.07, 6.45) is 0.492. The van der Waals surface area contributed by atoms with Gasteiger partial charge in [-0.05, 0) is 29.7 Å². The summed E-state index contributed by atoms with van der Waals surface area (Å²) < 4.78 is 57.0. The van der Waals surface area contributed by atoms with Crippen molar-refractivity contribution in [2.45, 2.75) is 24.0 Å². The van der Waals surface area contributed by atoms with Gasteiger partial charge < -0.3 is 0 Å². The zero-order valence-electron chi connectivity index (χ0n) is 9.53. The van der Waals surface area contributed by atoms with Gasteiger partial charge >= 0.3 is 10.1 Å². The lowest BCUT2D eigenvalue weighted by Crippen LogP contribution is -2.12. The monoisotopic (exact) mass is 295 g/mol. The summed E-state index contributed by atoms with van der Waals surface area (Å²) in [5.41, 5.74) is 0.735. The fourth-order valence-corrected chi connectivity index (χ4v) is 2.72. The number of nitrogens with two attached hydrogens (primary N) is 1. The molecule has 18 heavy (non-hydrogen) atoms. The molecule has 0 saturated heterocycles. The minimum atomic E-state index is -4.24. The molecule has 3 N–H and O–H groups in total. The maximum Gasteiger partial charge on any atom is 0.312 e. The van der Waals surface area contributed by atoms with E-state index in [9.17, 15) is 16.8 Å². The summed E-state index contributed by atoms with van der Waals surface area (Å²) in [6, 6.07) is 3.91. The molecule has 0 heterocycles. The molecule has 0 aliphatic heterocycles. The molecule has 0 aromatic heterocycles. The number of hydrogen-bond donors (Lipinski definition) is 2. The van der Waals surface area contributed by atoms with Crippen LogP contribution in [0.1, 0.15) is 18.1 Å². The summed E-state index contributed by atoms with van der Waals surface area (Å²) in [7, 11) is -8.35. The Kier molecular flexibility index (Phi) is 4.46. The molecule has 1 aromatic rings. The fourth-order valence-electron chi connectivity index (χ4n) is 1.43. The Morgan fingerprint density at radius 3 is 2.17 bits per heavy atom. The van der Waals surface area contributed by atoms with Crippen molar-refractivity contribution in [1.82, 2.24) is 0 Å². The van der Waals surface area contributed by atoms with Gasteiger partial charge in [-0.15, -0.1) is 0 Å². The van der Waals surface area contributed by atoms with Crippen molar-refractivity contribution < 1.29 is 25.7 Å². The van der Waals surface area contributed by atoms with E-state index in [1.807, 2.05) is 0 Å². The zero-order valence-corrected chi connectivity index (χ0v) is 11.2. The highest BCUT2D eigenvalue weighted by molar-refractivity contribution is 7.86. The Labute approximate surface area is 105 Å². The minimum absolute atomic E-state index is 0.146. The number of benzene rings is 1. The van der Waals surface area contributed by atoms with Crippen molar-refractivity contribution in [1.29, 1.82) is 0 Å². The molecule has 102 valence electrons. The van der Waals surface area contributed by atoms with Crippen LogP contribution < -0.4 is 5.90 Å². The van der Waals surface area contributed by atoms with Crippen molar-refractivity contribution in [2.75, 3.05) is 0 Å². The molecule has 0 bridgehead atoms. The second-order valence-corrected chi connectivity index (χ2v) is 6.64. The first-order valence-corrected chi connectivity index (χ1v) is 7.91. The molecular weight excluding hydrogens is 282 g/mol. The highest BCUT2D eigenvalue weighted by Crippen LogP contribution is 2.18. The lowest BCUT2D eigenvalue weighted by Gasteiger charge is -2.07. The van der Waals surface area contributed by atoms with Crippen LogP contribution in [0, 0.1) is 0 Å². The Morgan fingerprint density at radius 2 is 1.72 bits per heavy atom. The van der Waals surface area contributed by atoms with Gasteiger partial charge in [0.1, 0.15) is 5.75 Å². The van der Waals surface area contributed by atoms with Gasteiger partial charge in [0.25, 0.3) is 10.1 Å². The van der Waals surface area contributed by atoms with Crippen LogP contribution in [0.3, 0.4) is 0 Å². The lowest BCUT2D eigenvalue weighted by molar-refractivity contribution is 0.332. The summed E-state index contributed by atoms with van der Waals surface area (Å²) in [4.78, 5) is -0.247. The molecule has 0 spiro atoms. The summed E-state index contributed by atoms with van der Waals surface area (Å²) in [5.74, 6) is 3.98. The second kappa shape index (κ2) is 5.33. The molecule has 9 heteroatoms. The Bertz CT molecular complexity index is 635. The first-order chi connectivity index (χ1) is 8.18. The van der Waals surface area contributed by atoms with E-state index in [-0.39, 0.29) is 10.5 Å². The van der Waals surface area contributed by atoms with E-state index in [1.165, 1.54) is 12.1 Å². The minimum Gasteiger partial charge on any atom is -0.285 e. The normalized spacial score (nSPS) is 12.6. The fraction of sp³-hybridized carbons (Fsp3) is 0.333. The summed E-state index contributed by atoms with van der Waals surface area (Å²) in [6.45, 7) is 1.77. The van der Waals surface area contributed by atoms with Crippen LogP contribution in [0.4, 0.5) is 0 Å². The van der Waals surface area contributed by atoms with E-state index in [4.69, 9.17) is 4.55 Å². The van der Waals surface area contributed by atoms with E-state index in [1.54, 1.807) is 6.92 Å². The maximum absolute atomic E-state index is 11.4.